The molecule has 2 unspecified atom stereocenters. The molecule has 2 N–H and O–H groups in total. The zero-order valence-corrected chi connectivity index (χ0v) is 10.6. The van der Waals surface area contributed by atoms with E-state index in [1.54, 1.807) is 7.11 Å². The van der Waals surface area contributed by atoms with E-state index in [9.17, 15) is 0 Å². The topological polar surface area (TPSA) is 44.5 Å². The van der Waals surface area contributed by atoms with Gasteiger partial charge in [-0.1, -0.05) is 0 Å². The molecule has 1 spiro atoms. The van der Waals surface area contributed by atoms with Crippen molar-refractivity contribution in [1.82, 2.24) is 0 Å². The van der Waals surface area contributed by atoms with E-state index < -0.39 is 0 Å². The Bertz CT molecular complexity index is 236. The second kappa shape index (κ2) is 4.63. The number of hydrogen-bond acceptors (Lipinski definition) is 3. The van der Waals surface area contributed by atoms with Crippen LogP contribution in [-0.2, 0) is 9.47 Å². The molecule has 94 valence electrons. The number of ether oxygens (including phenoxy) is 2. The predicted molar refractivity (Wildman–Crippen MR) is 64.3 cm³/mol. The predicted octanol–water partition coefficient (Wildman–Crippen LogP) is 2.09. The smallest absolute Gasteiger partial charge is 0.0686 e. The SMILES string of the molecule is COCCC(C)(N)C1CCOC2(CCC2)C1. The highest BCUT2D eigenvalue weighted by Gasteiger charge is 2.46. The van der Waals surface area contributed by atoms with Crippen LogP contribution in [0.5, 0.6) is 0 Å². The molecule has 16 heavy (non-hydrogen) atoms. The number of nitrogens with two attached hydrogens (primary N) is 1. The monoisotopic (exact) mass is 227 g/mol. The van der Waals surface area contributed by atoms with E-state index in [1.807, 2.05) is 0 Å². The molecule has 2 aliphatic rings. The van der Waals surface area contributed by atoms with Crippen LogP contribution in [0, 0.1) is 5.92 Å². The van der Waals surface area contributed by atoms with Crippen LogP contribution >= 0.6 is 0 Å². The van der Waals surface area contributed by atoms with E-state index in [4.69, 9.17) is 15.2 Å². The average Bonchev–Trinajstić information content (AvgIpc) is 2.24. The summed E-state index contributed by atoms with van der Waals surface area (Å²) in [5.74, 6) is 0.594. The van der Waals surface area contributed by atoms with Gasteiger partial charge in [0.15, 0.2) is 0 Å². The van der Waals surface area contributed by atoms with Crippen LogP contribution in [0.3, 0.4) is 0 Å². The Morgan fingerprint density at radius 1 is 1.50 bits per heavy atom. The summed E-state index contributed by atoms with van der Waals surface area (Å²) in [5.41, 5.74) is 6.55. The van der Waals surface area contributed by atoms with E-state index in [-0.39, 0.29) is 11.1 Å². The molecular weight excluding hydrogens is 202 g/mol. The van der Waals surface area contributed by atoms with Crippen LogP contribution in [0.4, 0.5) is 0 Å². The Labute approximate surface area is 98.7 Å². The lowest BCUT2D eigenvalue weighted by atomic mass is 9.67. The summed E-state index contributed by atoms with van der Waals surface area (Å²) in [7, 11) is 1.74. The van der Waals surface area contributed by atoms with Gasteiger partial charge in [0.25, 0.3) is 0 Å². The van der Waals surface area contributed by atoms with Gasteiger partial charge in [0.05, 0.1) is 5.60 Å². The second-order valence-electron chi connectivity index (χ2n) is 5.82. The zero-order valence-electron chi connectivity index (χ0n) is 10.6. The lowest BCUT2D eigenvalue weighted by molar-refractivity contribution is -0.152. The normalized spacial score (nSPS) is 32.1. The van der Waals surface area contributed by atoms with Gasteiger partial charge in [0.1, 0.15) is 0 Å². The Morgan fingerprint density at radius 3 is 2.81 bits per heavy atom. The molecule has 0 radical (unpaired) electrons. The summed E-state index contributed by atoms with van der Waals surface area (Å²) in [6.45, 7) is 3.83. The molecule has 3 nitrogen and oxygen atoms in total. The molecule has 1 aliphatic carbocycles. The summed E-state index contributed by atoms with van der Waals surface area (Å²) in [5, 5.41) is 0. The first kappa shape index (κ1) is 12.3. The molecule has 0 bridgehead atoms. The number of hydrogen-bond donors (Lipinski definition) is 1. The quantitative estimate of drug-likeness (QED) is 0.800. The molecule has 0 aromatic heterocycles. The van der Waals surface area contributed by atoms with Gasteiger partial charge in [0.2, 0.25) is 0 Å². The Balaban J connectivity index is 1.92. The van der Waals surface area contributed by atoms with Crippen molar-refractivity contribution in [2.45, 2.75) is 56.6 Å². The second-order valence-corrected chi connectivity index (χ2v) is 5.82. The zero-order chi connectivity index (χ0) is 11.6. The number of methoxy groups -OCH3 is 1. The maximum absolute atomic E-state index is 6.44. The summed E-state index contributed by atoms with van der Waals surface area (Å²) in [4.78, 5) is 0. The van der Waals surface area contributed by atoms with Gasteiger partial charge in [-0.25, -0.2) is 0 Å². The minimum atomic E-state index is -0.0949. The highest BCUT2D eigenvalue weighted by Crippen LogP contribution is 2.46. The standard InChI is InChI=1S/C13H25NO2/c1-12(14,7-9-15-2)11-4-8-16-13(10-11)5-3-6-13/h11H,3-10,14H2,1-2H3. The van der Waals surface area contributed by atoms with Crippen molar-refractivity contribution in [1.29, 1.82) is 0 Å². The third-order valence-corrected chi connectivity index (χ3v) is 4.54. The Morgan fingerprint density at radius 2 is 2.25 bits per heavy atom. The molecule has 1 aliphatic heterocycles. The van der Waals surface area contributed by atoms with Crippen molar-refractivity contribution in [2.24, 2.45) is 11.7 Å². The van der Waals surface area contributed by atoms with Crippen LogP contribution in [-0.4, -0.2) is 31.5 Å². The summed E-state index contributed by atoms with van der Waals surface area (Å²) >= 11 is 0. The van der Waals surface area contributed by atoms with Gasteiger partial charge >= 0.3 is 0 Å². The van der Waals surface area contributed by atoms with Crippen molar-refractivity contribution in [2.75, 3.05) is 20.3 Å². The van der Waals surface area contributed by atoms with E-state index in [0.717, 1.165) is 32.5 Å². The maximum Gasteiger partial charge on any atom is 0.0686 e. The molecule has 0 aromatic rings. The van der Waals surface area contributed by atoms with Crippen molar-refractivity contribution in [3.63, 3.8) is 0 Å². The third-order valence-electron chi connectivity index (χ3n) is 4.54. The maximum atomic E-state index is 6.44. The summed E-state index contributed by atoms with van der Waals surface area (Å²) in [6, 6.07) is 0. The van der Waals surface area contributed by atoms with Gasteiger partial charge < -0.3 is 15.2 Å². The molecule has 0 amide bonds. The van der Waals surface area contributed by atoms with E-state index in [0.29, 0.717) is 5.92 Å². The van der Waals surface area contributed by atoms with Gasteiger partial charge in [-0.2, -0.15) is 0 Å². The first-order valence-corrected chi connectivity index (χ1v) is 6.50. The van der Waals surface area contributed by atoms with Crippen LogP contribution in [0.1, 0.15) is 45.4 Å². The van der Waals surface area contributed by atoms with Gasteiger partial charge in [-0.15, -0.1) is 0 Å². The molecular formula is C13H25NO2. The molecule has 1 heterocycles. The van der Waals surface area contributed by atoms with E-state index in [1.165, 1.54) is 19.3 Å². The van der Waals surface area contributed by atoms with Gasteiger partial charge in [-0.05, 0) is 51.4 Å². The van der Waals surface area contributed by atoms with Crippen molar-refractivity contribution in [3.05, 3.63) is 0 Å². The third kappa shape index (κ3) is 2.41. The highest BCUT2D eigenvalue weighted by molar-refractivity contribution is 4.99. The van der Waals surface area contributed by atoms with Crippen molar-refractivity contribution < 1.29 is 9.47 Å². The van der Waals surface area contributed by atoms with Crippen LogP contribution in [0.2, 0.25) is 0 Å². The molecule has 2 fully saturated rings. The molecule has 2 rings (SSSR count). The average molecular weight is 227 g/mol. The lowest BCUT2D eigenvalue weighted by Crippen LogP contribution is -2.54. The minimum absolute atomic E-state index is 0.0949. The highest BCUT2D eigenvalue weighted by atomic mass is 16.5. The molecule has 0 aromatic carbocycles. The van der Waals surface area contributed by atoms with Crippen LogP contribution in [0.15, 0.2) is 0 Å². The summed E-state index contributed by atoms with van der Waals surface area (Å²) in [6.07, 6.45) is 7.02. The fourth-order valence-corrected chi connectivity index (χ4v) is 3.04. The van der Waals surface area contributed by atoms with Crippen LogP contribution in [0.25, 0.3) is 0 Å². The van der Waals surface area contributed by atoms with E-state index >= 15 is 0 Å². The molecule has 2 atom stereocenters. The van der Waals surface area contributed by atoms with Gasteiger partial charge in [-0.3, -0.25) is 0 Å². The van der Waals surface area contributed by atoms with Crippen molar-refractivity contribution in [3.8, 4) is 0 Å². The first-order valence-electron chi connectivity index (χ1n) is 6.50. The van der Waals surface area contributed by atoms with E-state index in [2.05, 4.69) is 6.92 Å². The number of rotatable bonds is 4. The first-order chi connectivity index (χ1) is 7.58. The lowest BCUT2D eigenvalue weighted by Gasteiger charge is -2.50. The van der Waals surface area contributed by atoms with Crippen molar-refractivity contribution >= 4 is 0 Å². The Kier molecular flexibility index (Phi) is 3.57. The van der Waals surface area contributed by atoms with Crippen LogP contribution < -0.4 is 5.73 Å². The largest absolute Gasteiger partial charge is 0.385 e. The Hall–Kier alpha value is -0.120. The molecule has 1 saturated carbocycles. The fourth-order valence-electron chi connectivity index (χ4n) is 3.04. The van der Waals surface area contributed by atoms with Gasteiger partial charge in [0, 0.05) is 25.9 Å². The minimum Gasteiger partial charge on any atom is -0.385 e. The molecule has 3 heteroatoms. The fraction of sp³-hybridized carbons (Fsp3) is 1.00. The summed E-state index contributed by atoms with van der Waals surface area (Å²) < 4.78 is 11.1. The molecule has 1 saturated heterocycles.